The molecule has 2 nitrogen and oxygen atoms in total. The first-order valence-corrected chi connectivity index (χ1v) is 7.44. The molecule has 3 heteroatoms. The Hall–Kier alpha value is -0.730. The molecule has 0 aliphatic heterocycles. The zero-order chi connectivity index (χ0) is 14.0. The Bertz CT molecular complexity index is 444. The maximum atomic E-state index is 6.25. The minimum atomic E-state index is 0.401. The maximum absolute atomic E-state index is 6.25. The highest BCUT2D eigenvalue weighted by atomic mass is 35.5. The molecule has 2 unspecified atom stereocenters. The van der Waals surface area contributed by atoms with Crippen LogP contribution in [-0.2, 0) is 0 Å². The predicted molar refractivity (Wildman–Crippen MR) is 80.9 cm³/mol. The van der Waals surface area contributed by atoms with Crippen LogP contribution in [0, 0.1) is 11.3 Å². The monoisotopic (exact) mass is 281 g/mol. The van der Waals surface area contributed by atoms with E-state index in [1.54, 1.807) is 7.11 Å². The number of hydrogen-bond donors (Lipinski definition) is 1. The Labute approximate surface area is 121 Å². The van der Waals surface area contributed by atoms with Gasteiger partial charge in [-0.15, -0.1) is 0 Å². The molecule has 0 amide bonds. The van der Waals surface area contributed by atoms with Crippen molar-refractivity contribution in [3.63, 3.8) is 0 Å². The number of hydrogen-bond acceptors (Lipinski definition) is 2. The number of halogens is 1. The van der Waals surface area contributed by atoms with Crippen LogP contribution in [-0.4, -0.2) is 13.7 Å². The third-order valence-electron chi connectivity index (χ3n) is 4.14. The van der Waals surface area contributed by atoms with Gasteiger partial charge in [-0.2, -0.15) is 0 Å². The molecule has 0 saturated heterocycles. The van der Waals surface area contributed by atoms with Crippen LogP contribution in [0.25, 0.3) is 0 Å². The standard InChI is InChI=1S/C16H24ClNO/c1-5-8-18-15(12-10-16(12,2)3)11-6-7-14(19-4)13(17)9-11/h6-7,9,12,15,18H,5,8,10H2,1-4H3. The summed E-state index contributed by atoms with van der Waals surface area (Å²) in [6.45, 7) is 7.91. The SMILES string of the molecule is CCCNC(c1ccc(OC)c(Cl)c1)C1CC1(C)C. The van der Waals surface area contributed by atoms with Crippen LogP contribution in [0.5, 0.6) is 5.75 Å². The first kappa shape index (κ1) is 14.7. The van der Waals surface area contributed by atoms with Crippen molar-refractivity contribution in [2.24, 2.45) is 11.3 Å². The summed E-state index contributed by atoms with van der Waals surface area (Å²) < 4.78 is 5.23. The van der Waals surface area contributed by atoms with E-state index in [0.717, 1.165) is 18.7 Å². The van der Waals surface area contributed by atoms with E-state index in [1.807, 2.05) is 12.1 Å². The molecule has 1 fully saturated rings. The van der Waals surface area contributed by atoms with E-state index in [9.17, 15) is 0 Å². The molecule has 0 spiro atoms. The predicted octanol–water partition coefficient (Wildman–Crippen LogP) is 4.44. The highest BCUT2D eigenvalue weighted by molar-refractivity contribution is 6.32. The van der Waals surface area contributed by atoms with Crippen molar-refractivity contribution >= 4 is 11.6 Å². The Morgan fingerprint density at radius 2 is 2.16 bits per heavy atom. The second-order valence-electron chi connectivity index (χ2n) is 6.12. The lowest BCUT2D eigenvalue weighted by atomic mass is 9.96. The molecule has 1 saturated carbocycles. The lowest BCUT2D eigenvalue weighted by Crippen LogP contribution is -2.25. The molecule has 0 heterocycles. The number of nitrogens with one attached hydrogen (secondary N) is 1. The van der Waals surface area contributed by atoms with E-state index in [1.165, 1.54) is 12.0 Å². The lowest BCUT2D eigenvalue weighted by molar-refractivity contribution is 0.408. The fourth-order valence-corrected chi connectivity index (χ4v) is 3.01. The van der Waals surface area contributed by atoms with Gasteiger partial charge in [0.2, 0.25) is 0 Å². The molecule has 1 aromatic carbocycles. The topological polar surface area (TPSA) is 21.3 Å². The summed E-state index contributed by atoms with van der Waals surface area (Å²) in [5, 5.41) is 4.36. The third kappa shape index (κ3) is 3.24. The van der Waals surface area contributed by atoms with E-state index >= 15 is 0 Å². The van der Waals surface area contributed by atoms with Crippen molar-refractivity contribution in [3.8, 4) is 5.75 Å². The molecule has 0 radical (unpaired) electrons. The van der Waals surface area contributed by atoms with Gasteiger partial charge in [-0.3, -0.25) is 0 Å². The normalized spacial score (nSPS) is 22.1. The van der Waals surface area contributed by atoms with Crippen LogP contribution in [0.1, 0.15) is 45.2 Å². The van der Waals surface area contributed by atoms with Crippen molar-refractivity contribution in [3.05, 3.63) is 28.8 Å². The summed E-state index contributed by atoms with van der Waals surface area (Å²) in [6, 6.07) is 6.54. The Kier molecular flexibility index (Phi) is 4.42. The fourth-order valence-electron chi connectivity index (χ4n) is 2.75. The van der Waals surface area contributed by atoms with Crippen LogP contribution < -0.4 is 10.1 Å². The maximum Gasteiger partial charge on any atom is 0.137 e. The van der Waals surface area contributed by atoms with Gasteiger partial charge in [0.25, 0.3) is 0 Å². The van der Waals surface area contributed by atoms with E-state index in [-0.39, 0.29) is 0 Å². The van der Waals surface area contributed by atoms with E-state index in [4.69, 9.17) is 16.3 Å². The Morgan fingerprint density at radius 3 is 2.63 bits per heavy atom. The van der Waals surface area contributed by atoms with Crippen molar-refractivity contribution < 1.29 is 4.74 Å². The molecule has 19 heavy (non-hydrogen) atoms. The van der Waals surface area contributed by atoms with Gasteiger partial charge < -0.3 is 10.1 Å². The zero-order valence-corrected chi connectivity index (χ0v) is 13.1. The minimum Gasteiger partial charge on any atom is -0.495 e. The summed E-state index contributed by atoms with van der Waals surface area (Å²) in [5.41, 5.74) is 1.72. The van der Waals surface area contributed by atoms with Gasteiger partial charge in [-0.25, -0.2) is 0 Å². The zero-order valence-electron chi connectivity index (χ0n) is 12.3. The van der Waals surface area contributed by atoms with E-state index < -0.39 is 0 Å². The molecular formula is C16H24ClNO. The van der Waals surface area contributed by atoms with Gasteiger partial charge in [0.1, 0.15) is 5.75 Å². The lowest BCUT2D eigenvalue weighted by Gasteiger charge is -2.21. The Morgan fingerprint density at radius 1 is 1.47 bits per heavy atom. The van der Waals surface area contributed by atoms with Gasteiger partial charge >= 0.3 is 0 Å². The molecule has 0 bridgehead atoms. The number of ether oxygens (including phenoxy) is 1. The van der Waals surface area contributed by atoms with Gasteiger partial charge in [-0.05, 0) is 48.4 Å². The van der Waals surface area contributed by atoms with Crippen LogP contribution in [0.2, 0.25) is 5.02 Å². The molecular weight excluding hydrogens is 258 g/mol. The molecule has 0 aromatic heterocycles. The first-order chi connectivity index (χ1) is 8.99. The van der Waals surface area contributed by atoms with Gasteiger partial charge in [0.05, 0.1) is 12.1 Å². The number of methoxy groups -OCH3 is 1. The second kappa shape index (κ2) is 5.72. The summed E-state index contributed by atoms with van der Waals surface area (Å²) >= 11 is 6.25. The summed E-state index contributed by atoms with van der Waals surface area (Å²) in [5.74, 6) is 1.44. The largest absolute Gasteiger partial charge is 0.495 e. The smallest absolute Gasteiger partial charge is 0.137 e. The Balaban J connectivity index is 2.20. The number of rotatable bonds is 6. The average molecular weight is 282 g/mol. The van der Waals surface area contributed by atoms with Gasteiger partial charge in [-0.1, -0.05) is 38.4 Å². The molecule has 106 valence electrons. The second-order valence-corrected chi connectivity index (χ2v) is 6.53. The molecule has 2 atom stereocenters. The van der Waals surface area contributed by atoms with Crippen molar-refractivity contribution in [1.82, 2.24) is 5.32 Å². The van der Waals surface area contributed by atoms with Gasteiger partial charge in [0, 0.05) is 6.04 Å². The average Bonchev–Trinajstić information content (AvgIpc) is 2.99. The summed E-state index contributed by atoms with van der Waals surface area (Å²) in [4.78, 5) is 0. The molecule has 1 aromatic rings. The van der Waals surface area contributed by atoms with Crippen LogP contribution in [0.15, 0.2) is 18.2 Å². The van der Waals surface area contributed by atoms with Crippen molar-refractivity contribution in [1.29, 1.82) is 0 Å². The fraction of sp³-hybridized carbons (Fsp3) is 0.625. The quantitative estimate of drug-likeness (QED) is 0.832. The third-order valence-corrected chi connectivity index (χ3v) is 4.44. The van der Waals surface area contributed by atoms with Crippen molar-refractivity contribution in [2.45, 2.75) is 39.7 Å². The van der Waals surface area contributed by atoms with Crippen LogP contribution >= 0.6 is 11.6 Å². The number of benzene rings is 1. The molecule has 1 N–H and O–H groups in total. The highest BCUT2D eigenvalue weighted by Crippen LogP contribution is 2.57. The van der Waals surface area contributed by atoms with E-state index in [2.05, 4.69) is 32.2 Å². The summed E-state index contributed by atoms with van der Waals surface area (Å²) in [7, 11) is 1.65. The minimum absolute atomic E-state index is 0.401. The summed E-state index contributed by atoms with van der Waals surface area (Å²) in [6.07, 6.45) is 2.42. The highest BCUT2D eigenvalue weighted by Gasteiger charge is 2.50. The first-order valence-electron chi connectivity index (χ1n) is 7.06. The molecule has 2 rings (SSSR count). The van der Waals surface area contributed by atoms with Gasteiger partial charge in [0.15, 0.2) is 0 Å². The van der Waals surface area contributed by atoms with Crippen LogP contribution in [0.3, 0.4) is 0 Å². The molecule has 1 aliphatic rings. The van der Waals surface area contributed by atoms with Crippen molar-refractivity contribution in [2.75, 3.05) is 13.7 Å². The molecule has 1 aliphatic carbocycles. The van der Waals surface area contributed by atoms with Crippen LogP contribution in [0.4, 0.5) is 0 Å². The van der Waals surface area contributed by atoms with E-state index in [0.29, 0.717) is 22.4 Å².